The molecule has 0 saturated heterocycles. The number of nitrogens with zero attached hydrogens (tertiary/aromatic N) is 1. The third-order valence-electron chi connectivity index (χ3n) is 2.94. The number of alkyl halides is 3. The van der Waals surface area contributed by atoms with E-state index in [4.69, 9.17) is 4.74 Å². The van der Waals surface area contributed by atoms with Crippen molar-refractivity contribution in [1.29, 1.82) is 0 Å². The van der Waals surface area contributed by atoms with Crippen molar-refractivity contribution in [1.82, 2.24) is 10.3 Å². The highest BCUT2D eigenvalue weighted by atomic mass is 32.1. The molecule has 0 aromatic carbocycles. The molecule has 1 atom stereocenters. The Bertz CT molecular complexity index is 452. The molecule has 0 aliphatic rings. The molecular weight excluding hydrogens is 301 g/mol. The zero-order valence-electron chi connectivity index (χ0n) is 13.1. The molecule has 0 bridgehead atoms. The quantitative estimate of drug-likeness (QED) is 0.788. The van der Waals surface area contributed by atoms with E-state index in [1.165, 1.54) is 7.11 Å². The maximum atomic E-state index is 13.1. The van der Waals surface area contributed by atoms with Crippen LogP contribution in [0.25, 0.3) is 0 Å². The summed E-state index contributed by atoms with van der Waals surface area (Å²) in [5.41, 5.74) is -1.11. The Morgan fingerprint density at radius 1 is 1.29 bits per heavy atom. The molecule has 3 nitrogen and oxygen atoms in total. The van der Waals surface area contributed by atoms with Crippen LogP contribution in [0.4, 0.5) is 13.2 Å². The van der Waals surface area contributed by atoms with Crippen LogP contribution in [0.2, 0.25) is 0 Å². The van der Waals surface area contributed by atoms with E-state index >= 15 is 0 Å². The normalized spacial score (nSPS) is 14.5. The first-order valence-corrected chi connectivity index (χ1v) is 7.73. The molecule has 0 aliphatic carbocycles. The fraction of sp³-hybridized carbons (Fsp3) is 0.786. The Morgan fingerprint density at radius 2 is 1.90 bits per heavy atom. The Labute approximate surface area is 127 Å². The molecule has 0 amide bonds. The smallest absolute Gasteiger partial charge is 0.374 e. The average molecular weight is 324 g/mol. The van der Waals surface area contributed by atoms with Gasteiger partial charge in [0.05, 0.1) is 4.88 Å². The molecule has 0 aliphatic heterocycles. The number of hydrogen-bond acceptors (Lipinski definition) is 4. The van der Waals surface area contributed by atoms with Gasteiger partial charge in [0.2, 0.25) is 0 Å². The van der Waals surface area contributed by atoms with Crippen LogP contribution in [0.3, 0.4) is 0 Å². The first-order chi connectivity index (χ1) is 9.61. The van der Waals surface area contributed by atoms with Gasteiger partial charge >= 0.3 is 6.18 Å². The lowest BCUT2D eigenvalue weighted by molar-refractivity contribution is -0.141. The lowest BCUT2D eigenvalue weighted by Crippen LogP contribution is -2.20. The van der Waals surface area contributed by atoms with E-state index in [-0.39, 0.29) is 16.8 Å². The van der Waals surface area contributed by atoms with Crippen LogP contribution >= 0.6 is 11.3 Å². The molecule has 0 radical (unpaired) electrons. The molecule has 1 heterocycles. The fourth-order valence-corrected chi connectivity index (χ4v) is 3.41. The Balaban J connectivity index is 3.13. The number of nitrogens with one attached hydrogen (secondary N) is 1. The Morgan fingerprint density at radius 3 is 2.33 bits per heavy atom. The fourth-order valence-electron chi connectivity index (χ4n) is 2.03. The minimum atomic E-state index is -4.44. The van der Waals surface area contributed by atoms with Gasteiger partial charge in [-0.25, -0.2) is 4.98 Å². The number of halogens is 3. The highest BCUT2D eigenvalue weighted by Gasteiger charge is 2.39. The SMILES string of the molecule is CCCNCc1sc(C(OC)C(C)(C)C)nc1C(F)(F)F. The number of ether oxygens (including phenoxy) is 1. The van der Waals surface area contributed by atoms with Crippen molar-refractivity contribution >= 4 is 11.3 Å². The summed E-state index contributed by atoms with van der Waals surface area (Å²) in [6, 6.07) is 0. The van der Waals surface area contributed by atoms with Crippen LogP contribution in [0.15, 0.2) is 0 Å². The molecular formula is C14H23F3N2OS. The summed E-state index contributed by atoms with van der Waals surface area (Å²) in [5, 5.41) is 3.38. The first kappa shape index (κ1) is 18.4. The summed E-state index contributed by atoms with van der Waals surface area (Å²) in [5.74, 6) is 0. The molecule has 122 valence electrons. The predicted molar refractivity (Wildman–Crippen MR) is 78.3 cm³/mol. The highest BCUT2D eigenvalue weighted by molar-refractivity contribution is 7.11. The summed E-state index contributed by atoms with van der Waals surface area (Å²) in [4.78, 5) is 4.05. The van der Waals surface area contributed by atoms with Crippen molar-refractivity contribution < 1.29 is 17.9 Å². The molecule has 0 saturated carbocycles. The van der Waals surface area contributed by atoms with E-state index in [9.17, 15) is 13.2 Å². The first-order valence-electron chi connectivity index (χ1n) is 6.91. The monoisotopic (exact) mass is 324 g/mol. The highest BCUT2D eigenvalue weighted by Crippen LogP contribution is 2.41. The van der Waals surface area contributed by atoms with Gasteiger partial charge in [-0.15, -0.1) is 11.3 Å². The molecule has 1 N–H and O–H groups in total. The van der Waals surface area contributed by atoms with Crippen molar-refractivity contribution in [2.24, 2.45) is 5.41 Å². The van der Waals surface area contributed by atoms with E-state index in [0.717, 1.165) is 17.8 Å². The van der Waals surface area contributed by atoms with Crippen LogP contribution in [-0.4, -0.2) is 18.6 Å². The maximum absolute atomic E-state index is 13.1. The minimum absolute atomic E-state index is 0.181. The van der Waals surface area contributed by atoms with Gasteiger partial charge < -0.3 is 10.1 Å². The molecule has 1 rings (SSSR count). The zero-order valence-corrected chi connectivity index (χ0v) is 13.9. The maximum Gasteiger partial charge on any atom is 0.434 e. The van der Waals surface area contributed by atoms with Crippen LogP contribution in [0.5, 0.6) is 0 Å². The summed E-state index contributed by atoms with van der Waals surface area (Å²) >= 11 is 1.08. The van der Waals surface area contributed by atoms with Crippen LogP contribution in [0, 0.1) is 5.41 Å². The molecule has 1 aromatic heterocycles. The van der Waals surface area contributed by atoms with Crippen molar-refractivity contribution in [2.75, 3.05) is 13.7 Å². The lowest BCUT2D eigenvalue weighted by Gasteiger charge is -2.27. The molecule has 1 unspecified atom stereocenters. The summed E-state index contributed by atoms with van der Waals surface area (Å²) in [6.45, 7) is 8.59. The summed E-state index contributed by atoms with van der Waals surface area (Å²) < 4.78 is 44.7. The van der Waals surface area contributed by atoms with Gasteiger partial charge in [0.1, 0.15) is 11.1 Å². The lowest BCUT2D eigenvalue weighted by atomic mass is 9.89. The Kier molecular flexibility index (Phi) is 6.19. The molecule has 0 spiro atoms. The summed E-state index contributed by atoms with van der Waals surface area (Å²) in [7, 11) is 1.50. The number of rotatable bonds is 6. The van der Waals surface area contributed by atoms with Crippen LogP contribution in [-0.2, 0) is 17.5 Å². The zero-order chi connectivity index (χ0) is 16.3. The van der Waals surface area contributed by atoms with Crippen molar-refractivity contribution in [3.05, 3.63) is 15.6 Å². The largest absolute Gasteiger partial charge is 0.434 e. The number of thiazole rings is 1. The molecule has 21 heavy (non-hydrogen) atoms. The van der Waals surface area contributed by atoms with Crippen LogP contribution < -0.4 is 5.32 Å². The molecule has 0 fully saturated rings. The van der Waals surface area contributed by atoms with Gasteiger partial charge in [-0.3, -0.25) is 0 Å². The van der Waals surface area contributed by atoms with Gasteiger partial charge in [-0.05, 0) is 18.4 Å². The molecule has 1 aromatic rings. The van der Waals surface area contributed by atoms with E-state index in [1.54, 1.807) is 0 Å². The number of aromatic nitrogens is 1. The second-order valence-electron chi connectivity index (χ2n) is 5.98. The molecule has 7 heteroatoms. The van der Waals surface area contributed by atoms with Crippen molar-refractivity contribution in [3.8, 4) is 0 Å². The van der Waals surface area contributed by atoms with E-state index in [0.29, 0.717) is 11.6 Å². The van der Waals surface area contributed by atoms with Gasteiger partial charge in [0, 0.05) is 13.7 Å². The van der Waals surface area contributed by atoms with E-state index in [1.807, 2.05) is 27.7 Å². The Hall–Kier alpha value is -0.660. The second kappa shape index (κ2) is 7.07. The van der Waals surface area contributed by atoms with E-state index < -0.39 is 18.0 Å². The second-order valence-corrected chi connectivity index (χ2v) is 7.10. The number of hydrogen-bond donors (Lipinski definition) is 1. The standard InChI is InChI=1S/C14H23F3N2OS/c1-6-7-18-8-9-10(14(15,16)17)19-12(21-9)11(20-5)13(2,3)4/h11,18H,6-8H2,1-5H3. The van der Waals surface area contributed by atoms with Gasteiger partial charge in [0.25, 0.3) is 0 Å². The van der Waals surface area contributed by atoms with E-state index in [2.05, 4.69) is 10.3 Å². The van der Waals surface area contributed by atoms with Gasteiger partial charge in [0.15, 0.2) is 5.69 Å². The van der Waals surface area contributed by atoms with Crippen molar-refractivity contribution in [2.45, 2.75) is 52.9 Å². The summed E-state index contributed by atoms with van der Waals surface area (Å²) in [6.07, 6.45) is -4.02. The van der Waals surface area contributed by atoms with Crippen LogP contribution in [0.1, 0.15) is 55.8 Å². The average Bonchev–Trinajstić information content (AvgIpc) is 2.72. The van der Waals surface area contributed by atoms with Crippen molar-refractivity contribution in [3.63, 3.8) is 0 Å². The third kappa shape index (κ3) is 4.93. The van der Waals surface area contributed by atoms with Gasteiger partial charge in [-0.2, -0.15) is 13.2 Å². The predicted octanol–water partition coefficient (Wildman–Crippen LogP) is 4.40. The topological polar surface area (TPSA) is 34.1 Å². The minimum Gasteiger partial charge on any atom is -0.374 e. The van der Waals surface area contributed by atoms with Gasteiger partial charge in [-0.1, -0.05) is 27.7 Å². The third-order valence-corrected chi connectivity index (χ3v) is 4.04. The number of methoxy groups -OCH3 is 1.